The molecular weight excluding hydrogens is 325 g/mol. The predicted octanol–water partition coefficient (Wildman–Crippen LogP) is 3.36. The van der Waals surface area contributed by atoms with Crippen molar-refractivity contribution in [3.63, 3.8) is 0 Å². The molecule has 2 heterocycles. The molecule has 3 rings (SSSR count). The number of carbonyl (C=O) groups excluding carboxylic acids is 1. The molecule has 1 N–H and O–H groups in total. The van der Waals surface area contributed by atoms with Gasteiger partial charge in [-0.2, -0.15) is 5.10 Å². The van der Waals surface area contributed by atoms with Crippen LogP contribution in [0.2, 0.25) is 10.0 Å². The van der Waals surface area contributed by atoms with E-state index in [1.165, 1.54) is 0 Å². The van der Waals surface area contributed by atoms with Crippen molar-refractivity contribution in [2.75, 3.05) is 11.9 Å². The highest BCUT2D eigenvalue weighted by atomic mass is 35.5. The molecule has 22 heavy (non-hydrogen) atoms. The van der Waals surface area contributed by atoms with E-state index in [2.05, 4.69) is 10.4 Å². The summed E-state index contributed by atoms with van der Waals surface area (Å²) in [6.07, 6.45) is 4.73. The number of hydrogen-bond donors (Lipinski definition) is 1. The summed E-state index contributed by atoms with van der Waals surface area (Å²) in [5.41, 5.74) is 1.63. The zero-order chi connectivity index (χ0) is 15.5. The van der Waals surface area contributed by atoms with Gasteiger partial charge >= 0.3 is 0 Å². The Hall–Kier alpha value is -1.56. The smallest absolute Gasteiger partial charge is 0.253 e. The van der Waals surface area contributed by atoms with Crippen LogP contribution < -0.4 is 5.32 Å². The quantitative estimate of drug-likeness (QED) is 0.929. The van der Waals surface area contributed by atoms with Gasteiger partial charge < -0.3 is 10.1 Å². The molecule has 0 radical (unpaired) electrons. The first-order chi connectivity index (χ1) is 10.6. The van der Waals surface area contributed by atoms with Crippen LogP contribution in [0.3, 0.4) is 0 Å². The van der Waals surface area contributed by atoms with E-state index in [0.29, 0.717) is 28.9 Å². The number of carbonyl (C=O) groups is 1. The third-order valence-electron chi connectivity index (χ3n) is 3.45. The van der Waals surface area contributed by atoms with E-state index in [-0.39, 0.29) is 12.0 Å². The van der Waals surface area contributed by atoms with Crippen LogP contribution in [0, 0.1) is 0 Å². The summed E-state index contributed by atoms with van der Waals surface area (Å²) < 4.78 is 7.07. The number of aromatic nitrogens is 2. The van der Waals surface area contributed by atoms with Gasteiger partial charge in [-0.05, 0) is 30.5 Å². The van der Waals surface area contributed by atoms with Gasteiger partial charge in [0.25, 0.3) is 5.91 Å². The molecule has 1 fully saturated rings. The van der Waals surface area contributed by atoms with E-state index in [1.807, 2.05) is 6.07 Å². The fraction of sp³-hybridized carbons (Fsp3) is 0.333. The molecule has 116 valence electrons. The number of hydrogen-bond acceptors (Lipinski definition) is 3. The maximum atomic E-state index is 12.0. The average molecular weight is 340 g/mol. The van der Waals surface area contributed by atoms with Gasteiger partial charge in [0.1, 0.15) is 6.10 Å². The van der Waals surface area contributed by atoms with E-state index >= 15 is 0 Å². The number of ether oxygens (including phenoxy) is 1. The highest BCUT2D eigenvalue weighted by Gasteiger charge is 2.23. The van der Waals surface area contributed by atoms with Crippen molar-refractivity contribution in [3.05, 3.63) is 46.2 Å². The Labute approximate surface area is 138 Å². The standard InChI is InChI=1S/C15H15Cl2N3O2/c16-12-4-3-10(6-13(12)17)8-20-9-11(7-18-20)19-15(21)14-2-1-5-22-14/h3-4,6-7,9,14H,1-2,5,8H2,(H,19,21)/t14-/m1/s1. The number of amides is 1. The largest absolute Gasteiger partial charge is 0.368 e. The molecule has 0 aliphatic carbocycles. The highest BCUT2D eigenvalue weighted by Crippen LogP contribution is 2.23. The number of nitrogens with one attached hydrogen (secondary N) is 1. The van der Waals surface area contributed by atoms with Crippen molar-refractivity contribution in [2.45, 2.75) is 25.5 Å². The van der Waals surface area contributed by atoms with Crippen LogP contribution in [0.1, 0.15) is 18.4 Å². The molecule has 1 amide bonds. The monoisotopic (exact) mass is 339 g/mol. The molecule has 0 saturated carbocycles. The second kappa shape index (κ2) is 6.69. The lowest BCUT2D eigenvalue weighted by molar-refractivity contribution is -0.124. The molecule has 1 aliphatic rings. The maximum Gasteiger partial charge on any atom is 0.253 e. The fourth-order valence-electron chi connectivity index (χ4n) is 2.35. The van der Waals surface area contributed by atoms with Crippen molar-refractivity contribution in [1.29, 1.82) is 0 Å². The molecule has 7 heteroatoms. The Morgan fingerprint density at radius 1 is 1.41 bits per heavy atom. The summed E-state index contributed by atoms with van der Waals surface area (Å²) in [6, 6.07) is 5.44. The van der Waals surface area contributed by atoms with Crippen LogP contribution in [0.5, 0.6) is 0 Å². The second-order valence-corrected chi connectivity index (χ2v) is 5.98. The van der Waals surface area contributed by atoms with Crippen LogP contribution in [0.15, 0.2) is 30.6 Å². The summed E-state index contributed by atoms with van der Waals surface area (Å²) in [4.78, 5) is 12.0. The van der Waals surface area contributed by atoms with Gasteiger partial charge in [0.2, 0.25) is 0 Å². The van der Waals surface area contributed by atoms with Crippen LogP contribution in [0.25, 0.3) is 0 Å². The number of rotatable bonds is 4. The maximum absolute atomic E-state index is 12.0. The van der Waals surface area contributed by atoms with E-state index in [0.717, 1.165) is 18.4 Å². The number of anilines is 1. The molecule has 0 bridgehead atoms. The van der Waals surface area contributed by atoms with E-state index in [9.17, 15) is 4.79 Å². The minimum absolute atomic E-state index is 0.119. The normalized spacial score (nSPS) is 17.6. The van der Waals surface area contributed by atoms with Gasteiger partial charge in [0.15, 0.2) is 0 Å². The van der Waals surface area contributed by atoms with Crippen LogP contribution >= 0.6 is 23.2 Å². The van der Waals surface area contributed by atoms with Crippen molar-refractivity contribution in [3.8, 4) is 0 Å². The van der Waals surface area contributed by atoms with E-state index in [1.54, 1.807) is 29.2 Å². The van der Waals surface area contributed by atoms with E-state index < -0.39 is 0 Å². The van der Waals surface area contributed by atoms with Crippen molar-refractivity contribution in [2.24, 2.45) is 0 Å². The molecule has 1 aliphatic heterocycles. The van der Waals surface area contributed by atoms with Gasteiger partial charge in [0, 0.05) is 12.8 Å². The Balaban J connectivity index is 1.63. The molecule has 1 saturated heterocycles. The summed E-state index contributed by atoms with van der Waals surface area (Å²) >= 11 is 11.9. The third-order valence-corrected chi connectivity index (χ3v) is 4.19. The molecule has 5 nitrogen and oxygen atoms in total. The minimum Gasteiger partial charge on any atom is -0.368 e. The topological polar surface area (TPSA) is 56.2 Å². The lowest BCUT2D eigenvalue weighted by Gasteiger charge is -2.08. The summed E-state index contributed by atoms with van der Waals surface area (Å²) in [5.74, 6) is -0.119. The number of halogens is 2. The first-order valence-corrected chi connectivity index (χ1v) is 7.76. The molecule has 0 unspecified atom stereocenters. The average Bonchev–Trinajstić information content (AvgIpc) is 3.15. The van der Waals surface area contributed by atoms with Gasteiger partial charge in [-0.1, -0.05) is 29.3 Å². The fourth-order valence-corrected chi connectivity index (χ4v) is 2.67. The molecular formula is C15H15Cl2N3O2. The summed E-state index contributed by atoms with van der Waals surface area (Å²) in [6.45, 7) is 1.20. The van der Waals surface area contributed by atoms with Crippen LogP contribution in [-0.2, 0) is 16.1 Å². The molecule has 2 aromatic rings. The molecule has 0 spiro atoms. The number of benzene rings is 1. The van der Waals surface area contributed by atoms with Crippen LogP contribution in [0.4, 0.5) is 5.69 Å². The highest BCUT2D eigenvalue weighted by molar-refractivity contribution is 6.42. The Morgan fingerprint density at radius 2 is 2.27 bits per heavy atom. The third kappa shape index (κ3) is 3.61. The van der Waals surface area contributed by atoms with Crippen molar-refractivity contribution >= 4 is 34.8 Å². The first-order valence-electron chi connectivity index (χ1n) is 7.00. The molecule has 1 aromatic heterocycles. The SMILES string of the molecule is O=C(Nc1cnn(Cc2ccc(Cl)c(Cl)c2)c1)[C@H]1CCCO1. The van der Waals surface area contributed by atoms with Crippen molar-refractivity contribution < 1.29 is 9.53 Å². The van der Waals surface area contributed by atoms with Crippen LogP contribution in [-0.4, -0.2) is 28.4 Å². The van der Waals surface area contributed by atoms with Gasteiger partial charge in [-0.15, -0.1) is 0 Å². The second-order valence-electron chi connectivity index (χ2n) is 5.17. The Morgan fingerprint density at radius 3 is 3.00 bits per heavy atom. The van der Waals surface area contributed by atoms with E-state index in [4.69, 9.17) is 27.9 Å². The van der Waals surface area contributed by atoms with Crippen molar-refractivity contribution in [1.82, 2.24) is 9.78 Å². The zero-order valence-electron chi connectivity index (χ0n) is 11.8. The van der Waals surface area contributed by atoms with Gasteiger partial charge in [-0.25, -0.2) is 0 Å². The lowest BCUT2D eigenvalue weighted by atomic mass is 10.2. The van der Waals surface area contributed by atoms with Gasteiger partial charge in [-0.3, -0.25) is 9.48 Å². The lowest BCUT2D eigenvalue weighted by Crippen LogP contribution is -2.26. The van der Waals surface area contributed by atoms with Gasteiger partial charge in [0.05, 0.1) is 28.5 Å². The number of nitrogens with zero attached hydrogens (tertiary/aromatic N) is 2. The minimum atomic E-state index is -0.349. The molecule has 1 aromatic carbocycles. The zero-order valence-corrected chi connectivity index (χ0v) is 13.3. The summed E-state index contributed by atoms with van der Waals surface area (Å²) in [7, 11) is 0. The predicted molar refractivity (Wildman–Crippen MR) is 85.4 cm³/mol. The first kappa shape index (κ1) is 15.3. The Bertz CT molecular complexity index is 681. The Kier molecular flexibility index (Phi) is 4.66. The molecule has 1 atom stereocenters. The summed E-state index contributed by atoms with van der Waals surface area (Å²) in [5, 5.41) is 8.08.